The number of nitrogen functional groups attached to an aromatic ring is 1. The summed E-state index contributed by atoms with van der Waals surface area (Å²) in [6.07, 6.45) is 2.35. The zero-order chi connectivity index (χ0) is 23.8. The van der Waals surface area contributed by atoms with Gasteiger partial charge in [0.2, 0.25) is 16.0 Å². The van der Waals surface area contributed by atoms with Crippen molar-refractivity contribution in [2.75, 3.05) is 18.8 Å². The summed E-state index contributed by atoms with van der Waals surface area (Å²) in [7, 11) is -3.05. The van der Waals surface area contributed by atoms with E-state index in [4.69, 9.17) is 5.73 Å². The van der Waals surface area contributed by atoms with Crippen molar-refractivity contribution in [2.45, 2.75) is 43.5 Å². The van der Waals surface area contributed by atoms with Gasteiger partial charge in [0.05, 0.1) is 28.9 Å². The largest absolute Gasteiger partial charge is 0.392 e. The average Bonchev–Trinajstić information content (AvgIpc) is 3.60. The van der Waals surface area contributed by atoms with Crippen LogP contribution in [0.2, 0.25) is 0 Å². The highest BCUT2D eigenvalue weighted by Gasteiger charge is 2.41. The van der Waals surface area contributed by atoms with Crippen LogP contribution in [-0.4, -0.2) is 61.9 Å². The second kappa shape index (κ2) is 9.23. The van der Waals surface area contributed by atoms with E-state index in [1.165, 1.54) is 33.2 Å². The van der Waals surface area contributed by atoms with E-state index in [-0.39, 0.29) is 22.3 Å². The van der Waals surface area contributed by atoms with E-state index in [0.717, 1.165) is 31.9 Å². The van der Waals surface area contributed by atoms with E-state index < -0.39 is 28.4 Å². The van der Waals surface area contributed by atoms with Crippen molar-refractivity contribution in [1.82, 2.24) is 23.9 Å². The fraction of sp³-hybridized carbons (Fsp3) is 0.450. The van der Waals surface area contributed by atoms with Crippen molar-refractivity contribution >= 4 is 21.5 Å². The quantitative estimate of drug-likeness (QED) is 0.582. The van der Waals surface area contributed by atoms with Crippen molar-refractivity contribution in [3.8, 4) is 11.4 Å². The minimum Gasteiger partial charge on any atom is -0.392 e. The van der Waals surface area contributed by atoms with Gasteiger partial charge in [-0.15, -0.1) is 5.10 Å². The summed E-state index contributed by atoms with van der Waals surface area (Å²) < 4.78 is 64.8. The Kier molecular flexibility index (Phi) is 6.54. The smallest absolute Gasteiger partial charge is 0.265 e. The third kappa shape index (κ3) is 5.09. The predicted molar refractivity (Wildman–Crippen MR) is 114 cm³/mol. The van der Waals surface area contributed by atoms with Gasteiger partial charge in [-0.3, -0.25) is 4.98 Å². The van der Waals surface area contributed by atoms with Gasteiger partial charge < -0.3 is 10.8 Å². The van der Waals surface area contributed by atoms with Gasteiger partial charge in [0.15, 0.2) is 5.82 Å². The number of aliphatic hydroxyl groups is 1. The van der Waals surface area contributed by atoms with Crippen LogP contribution >= 0.6 is 0 Å². The summed E-state index contributed by atoms with van der Waals surface area (Å²) >= 11 is 0. The summed E-state index contributed by atoms with van der Waals surface area (Å²) in [5, 5.41) is 13.1. The number of hydrogen-bond donors (Lipinski definition) is 2. The molecule has 0 radical (unpaired) electrons. The molecular weight excluding hydrogens is 461 g/mol. The highest BCUT2D eigenvalue weighted by Crippen LogP contribution is 2.32. The number of aromatic nitrogens is 4. The van der Waals surface area contributed by atoms with Gasteiger partial charge in [0, 0.05) is 30.9 Å². The Bertz CT molecular complexity index is 1230. The lowest BCUT2D eigenvalue weighted by atomic mass is 10.1. The summed E-state index contributed by atoms with van der Waals surface area (Å²) in [6.45, 7) is 0.898. The van der Waals surface area contributed by atoms with Crippen LogP contribution in [0.3, 0.4) is 0 Å². The zero-order valence-corrected chi connectivity index (χ0v) is 18.3. The maximum atomic E-state index is 13.7. The topological polar surface area (TPSA) is 127 Å². The SMILES string of the molecule is Nc1ncc2c(F)cc(-c3ccc(C(F)F)cn3)n2n1.O=S(=O)(C1CC1)N1CCCC(O)C1. The van der Waals surface area contributed by atoms with E-state index in [0.29, 0.717) is 24.5 Å². The van der Waals surface area contributed by atoms with Gasteiger partial charge in [-0.1, -0.05) is 0 Å². The van der Waals surface area contributed by atoms with Crippen LogP contribution in [0.25, 0.3) is 16.9 Å². The lowest BCUT2D eigenvalue weighted by Gasteiger charge is -2.29. The molecule has 1 atom stereocenters. The molecule has 1 aliphatic carbocycles. The molecule has 13 heteroatoms. The molecule has 3 aromatic rings. The maximum Gasteiger partial charge on any atom is 0.265 e. The number of alkyl halides is 2. The van der Waals surface area contributed by atoms with Crippen molar-refractivity contribution < 1.29 is 26.7 Å². The van der Waals surface area contributed by atoms with Gasteiger partial charge in [-0.2, -0.15) is 4.31 Å². The fourth-order valence-corrected chi connectivity index (χ4v) is 5.48. The van der Waals surface area contributed by atoms with Gasteiger partial charge in [0.25, 0.3) is 6.43 Å². The number of piperidine rings is 1. The highest BCUT2D eigenvalue weighted by atomic mass is 32.2. The second-order valence-electron chi connectivity index (χ2n) is 7.97. The standard InChI is InChI=1S/C12H8F3N5.C8H15NO3S/c13-7-3-9(20-10(7)5-18-12(16)19-20)8-2-1-6(4-17-8)11(14)15;10-7-2-1-5-9(6-7)13(11,12)8-3-4-8/h1-5,11H,(H2,16,19);7-8,10H,1-6H2. The van der Waals surface area contributed by atoms with Crippen molar-refractivity contribution in [3.63, 3.8) is 0 Å². The number of sulfonamides is 1. The average molecular weight is 485 g/mol. The van der Waals surface area contributed by atoms with Crippen LogP contribution in [0, 0.1) is 5.82 Å². The number of hydrogen-bond acceptors (Lipinski definition) is 7. The molecule has 3 N–H and O–H groups in total. The van der Waals surface area contributed by atoms with Crippen molar-refractivity contribution in [3.05, 3.63) is 42.0 Å². The van der Waals surface area contributed by atoms with Crippen LogP contribution in [0.5, 0.6) is 0 Å². The van der Waals surface area contributed by atoms with Gasteiger partial charge in [-0.25, -0.2) is 31.1 Å². The lowest BCUT2D eigenvalue weighted by Crippen LogP contribution is -2.43. The first-order valence-corrected chi connectivity index (χ1v) is 11.9. The Labute approximate surface area is 188 Å². The molecule has 3 aromatic heterocycles. The lowest BCUT2D eigenvalue weighted by molar-refractivity contribution is 0.108. The van der Waals surface area contributed by atoms with Crippen LogP contribution in [0.15, 0.2) is 30.6 Å². The van der Waals surface area contributed by atoms with Gasteiger partial charge in [0.1, 0.15) is 5.52 Å². The van der Waals surface area contributed by atoms with E-state index >= 15 is 0 Å². The molecule has 2 fully saturated rings. The van der Waals surface area contributed by atoms with Crippen molar-refractivity contribution in [2.24, 2.45) is 0 Å². The van der Waals surface area contributed by atoms with E-state index in [1.54, 1.807) is 0 Å². The Hall–Kier alpha value is -2.77. The normalized spacial score (nSPS) is 19.5. The fourth-order valence-electron chi connectivity index (χ4n) is 3.56. The molecule has 178 valence electrons. The molecule has 5 rings (SSSR count). The minimum absolute atomic E-state index is 0.0291. The number of nitrogens with two attached hydrogens (primary N) is 1. The van der Waals surface area contributed by atoms with Crippen LogP contribution in [-0.2, 0) is 10.0 Å². The number of β-amino-alcohol motifs (C(OH)–C–C–N with tert-alkyl or cyclic N) is 1. The first kappa shape index (κ1) is 23.4. The Balaban J connectivity index is 0.000000172. The third-order valence-corrected chi connectivity index (χ3v) is 7.82. The summed E-state index contributed by atoms with van der Waals surface area (Å²) in [6, 6.07) is 3.81. The molecular formula is C20H23F3N6O3S. The molecule has 1 saturated carbocycles. The first-order valence-electron chi connectivity index (χ1n) is 10.4. The van der Waals surface area contributed by atoms with Gasteiger partial charge >= 0.3 is 0 Å². The van der Waals surface area contributed by atoms with E-state index in [9.17, 15) is 26.7 Å². The second-order valence-corrected chi connectivity index (χ2v) is 10.2. The third-order valence-electron chi connectivity index (χ3n) is 5.45. The number of pyridine rings is 1. The Morgan fingerprint density at radius 2 is 1.91 bits per heavy atom. The molecule has 33 heavy (non-hydrogen) atoms. The molecule has 9 nitrogen and oxygen atoms in total. The maximum absolute atomic E-state index is 13.7. The molecule has 0 amide bonds. The van der Waals surface area contributed by atoms with Crippen molar-refractivity contribution in [1.29, 1.82) is 0 Å². The zero-order valence-electron chi connectivity index (χ0n) is 17.5. The molecule has 2 aliphatic rings. The molecule has 1 saturated heterocycles. The number of rotatable bonds is 4. The first-order chi connectivity index (χ1) is 15.7. The molecule has 4 heterocycles. The number of aliphatic hydroxyl groups excluding tert-OH is 1. The van der Waals surface area contributed by atoms with E-state index in [2.05, 4.69) is 15.1 Å². The molecule has 0 bridgehead atoms. The Morgan fingerprint density at radius 3 is 2.52 bits per heavy atom. The van der Waals surface area contributed by atoms with Crippen LogP contribution in [0.4, 0.5) is 19.1 Å². The number of anilines is 1. The monoisotopic (exact) mass is 484 g/mol. The molecule has 1 unspecified atom stereocenters. The minimum atomic E-state index is -3.05. The molecule has 1 aliphatic heterocycles. The summed E-state index contributed by atoms with van der Waals surface area (Å²) in [5.74, 6) is -0.571. The molecule has 0 spiro atoms. The predicted octanol–water partition coefficient (Wildman–Crippen LogP) is 2.39. The van der Waals surface area contributed by atoms with E-state index in [1.807, 2.05) is 0 Å². The number of halogens is 3. The number of fused-ring (bicyclic) bond motifs is 1. The van der Waals surface area contributed by atoms with Crippen LogP contribution < -0.4 is 5.73 Å². The van der Waals surface area contributed by atoms with Gasteiger partial charge in [-0.05, 0) is 37.8 Å². The highest BCUT2D eigenvalue weighted by molar-refractivity contribution is 7.90. The Morgan fingerprint density at radius 1 is 1.15 bits per heavy atom. The molecule has 0 aromatic carbocycles. The summed E-state index contributed by atoms with van der Waals surface area (Å²) in [5.41, 5.74) is 6.01. The van der Waals surface area contributed by atoms with Crippen LogP contribution in [0.1, 0.15) is 37.7 Å². The summed E-state index contributed by atoms with van der Waals surface area (Å²) in [4.78, 5) is 7.59. The number of nitrogens with zero attached hydrogens (tertiary/aromatic N) is 5.